The van der Waals surface area contributed by atoms with Gasteiger partial charge in [-0.2, -0.15) is 4.98 Å². The van der Waals surface area contributed by atoms with E-state index in [2.05, 4.69) is 25.3 Å². The van der Waals surface area contributed by atoms with E-state index in [0.717, 1.165) is 5.56 Å². The summed E-state index contributed by atoms with van der Waals surface area (Å²) in [5, 5.41) is 12.1. The lowest BCUT2D eigenvalue weighted by atomic mass is 10.3. The van der Waals surface area contributed by atoms with Crippen LogP contribution in [0.4, 0.5) is 0 Å². The smallest absolute Gasteiger partial charge is 0.277 e. The number of aromatic nitrogens is 5. The van der Waals surface area contributed by atoms with Crippen molar-refractivity contribution in [2.75, 3.05) is 0 Å². The van der Waals surface area contributed by atoms with E-state index >= 15 is 0 Å². The molecule has 3 aromatic heterocycles. The molecule has 0 amide bonds. The van der Waals surface area contributed by atoms with Gasteiger partial charge in [0.2, 0.25) is 11.8 Å². The van der Waals surface area contributed by atoms with Gasteiger partial charge in [-0.3, -0.25) is 4.98 Å². The predicted molar refractivity (Wildman–Crippen MR) is 70.8 cm³/mol. The normalized spacial score (nSPS) is 12.5. The Kier molecular flexibility index (Phi) is 3.46. The van der Waals surface area contributed by atoms with Crippen molar-refractivity contribution in [2.24, 2.45) is 0 Å². The number of hydrogen-bond donors (Lipinski definition) is 0. The summed E-state index contributed by atoms with van der Waals surface area (Å²) >= 11 is 1.37. The summed E-state index contributed by atoms with van der Waals surface area (Å²) in [6, 6.07) is 3.68. The number of nitrogens with zero attached hydrogens (tertiary/aromatic N) is 5. The van der Waals surface area contributed by atoms with E-state index in [9.17, 15) is 0 Å². The highest BCUT2D eigenvalue weighted by molar-refractivity contribution is 7.99. The number of thioether (sulfide) groups is 1. The van der Waals surface area contributed by atoms with Gasteiger partial charge in [0.15, 0.2) is 5.82 Å². The molecule has 3 heterocycles. The summed E-state index contributed by atoms with van der Waals surface area (Å²) in [5.41, 5.74) is 0.785. The van der Waals surface area contributed by atoms with Crippen molar-refractivity contribution in [3.8, 4) is 11.5 Å². The Bertz CT molecular complexity index is 697. The van der Waals surface area contributed by atoms with Crippen LogP contribution in [0.5, 0.6) is 0 Å². The van der Waals surface area contributed by atoms with Crippen LogP contribution in [0, 0.1) is 6.92 Å². The Morgan fingerprint density at radius 2 is 2.20 bits per heavy atom. The van der Waals surface area contributed by atoms with Gasteiger partial charge in [-0.1, -0.05) is 16.9 Å². The van der Waals surface area contributed by atoms with Gasteiger partial charge < -0.3 is 8.94 Å². The van der Waals surface area contributed by atoms with E-state index in [1.54, 1.807) is 19.3 Å². The zero-order chi connectivity index (χ0) is 13.9. The molecule has 20 heavy (non-hydrogen) atoms. The van der Waals surface area contributed by atoms with E-state index in [1.165, 1.54) is 11.8 Å². The summed E-state index contributed by atoms with van der Waals surface area (Å²) in [6.45, 7) is 3.71. The second-order valence-electron chi connectivity index (χ2n) is 4.05. The van der Waals surface area contributed by atoms with E-state index in [1.807, 2.05) is 19.1 Å². The zero-order valence-electron chi connectivity index (χ0n) is 10.8. The van der Waals surface area contributed by atoms with Crippen LogP contribution >= 0.6 is 11.8 Å². The molecule has 102 valence electrons. The minimum Gasteiger partial charge on any atom is -0.411 e. The Morgan fingerprint density at radius 3 is 2.90 bits per heavy atom. The topological polar surface area (TPSA) is 90.7 Å². The van der Waals surface area contributed by atoms with Crippen LogP contribution < -0.4 is 0 Å². The lowest BCUT2D eigenvalue weighted by molar-refractivity contribution is 0.375. The van der Waals surface area contributed by atoms with Crippen LogP contribution in [0.2, 0.25) is 0 Å². The molecule has 0 aliphatic rings. The van der Waals surface area contributed by atoms with Crippen LogP contribution in [-0.4, -0.2) is 25.3 Å². The molecule has 8 heteroatoms. The monoisotopic (exact) mass is 289 g/mol. The molecular weight excluding hydrogens is 278 g/mol. The molecule has 7 nitrogen and oxygen atoms in total. The van der Waals surface area contributed by atoms with E-state index in [-0.39, 0.29) is 5.25 Å². The molecule has 0 spiro atoms. The van der Waals surface area contributed by atoms with Gasteiger partial charge in [0.1, 0.15) is 0 Å². The number of hydrogen-bond acceptors (Lipinski definition) is 8. The third-order valence-corrected chi connectivity index (χ3v) is 3.41. The van der Waals surface area contributed by atoms with Crippen LogP contribution in [0.25, 0.3) is 11.5 Å². The number of aryl methyl sites for hydroxylation is 1. The van der Waals surface area contributed by atoms with Gasteiger partial charge in [-0.05, 0) is 26.0 Å². The quantitative estimate of drug-likeness (QED) is 0.677. The molecular formula is C12H11N5O2S. The third-order valence-electron chi connectivity index (χ3n) is 2.48. The van der Waals surface area contributed by atoms with Crippen LogP contribution in [0.3, 0.4) is 0 Å². The van der Waals surface area contributed by atoms with E-state index in [0.29, 0.717) is 22.8 Å². The molecule has 0 bridgehead atoms. The maximum Gasteiger partial charge on any atom is 0.277 e. The van der Waals surface area contributed by atoms with Gasteiger partial charge in [-0.15, -0.1) is 10.2 Å². The van der Waals surface area contributed by atoms with Crippen molar-refractivity contribution < 1.29 is 8.94 Å². The molecule has 0 aliphatic heterocycles. The maximum absolute atomic E-state index is 5.58. The molecule has 1 atom stereocenters. The molecule has 0 saturated heterocycles. The minimum atomic E-state index is -0.0570. The molecule has 0 radical (unpaired) electrons. The van der Waals surface area contributed by atoms with Crippen LogP contribution in [0.1, 0.15) is 23.9 Å². The molecule has 0 aromatic carbocycles. The standard InChI is InChI=1S/C12H11N5O2S/c1-7(10-14-8(2)17-19-10)20-12-16-15-11(18-12)9-4-3-5-13-6-9/h3-7H,1-2H3. The highest BCUT2D eigenvalue weighted by Gasteiger charge is 2.18. The summed E-state index contributed by atoms with van der Waals surface area (Å²) in [6.07, 6.45) is 3.36. The van der Waals surface area contributed by atoms with Crippen molar-refractivity contribution in [1.29, 1.82) is 0 Å². The summed E-state index contributed by atoms with van der Waals surface area (Å²) < 4.78 is 10.7. The molecule has 3 rings (SSSR count). The first kappa shape index (κ1) is 12.8. The fourth-order valence-corrected chi connectivity index (χ4v) is 2.26. The Morgan fingerprint density at radius 1 is 1.30 bits per heavy atom. The van der Waals surface area contributed by atoms with Crippen LogP contribution in [0.15, 0.2) is 38.7 Å². The summed E-state index contributed by atoms with van der Waals surface area (Å²) in [4.78, 5) is 8.19. The number of rotatable bonds is 4. The first-order valence-electron chi connectivity index (χ1n) is 5.93. The predicted octanol–water partition coefficient (Wildman–Crippen LogP) is 2.68. The first-order chi connectivity index (χ1) is 9.72. The summed E-state index contributed by atoms with van der Waals surface area (Å²) in [7, 11) is 0. The van der Waals surface area contributed by atoms with E-state index in [4.69, 9.17) is 8.94 Å². The lowest BCUT2D eigenvalue weighted by Crippen LogP contribution is -1.88. The summed E-state index contributed by atoms with van der Waals surface area (Å²) in [5.74, 6) is 1.58. The van der Waals surface area contributed by atoms with Crippen molar-refractivity contribution >= 4 is 11.8 Å². The molecule has 3 aromatic rings. The van der Waals surface area contributed by atoms with E-state index < -0.39 is 0 Å². The Labute approximate surface area is 118 Å². The fraction of sp³-hybridized carbons (Fsp3) is 0.250. The molecule has 0 N–H and O–H groups in total. The maximum atomic E-state index is 5.58. The minimum absolute atomic E-state index is 0.0570. The highest BCUT2D eigenvalue weighted by Crippen LogP contribution is 2.34. The molecule has 1 unspecified atom stereocenters. The third kappa shape index (κ3) is 2.69. The Balaban J connectivity index is 1.74. The molecule has 0 saturated carbocycles. The van der Waals surface area contributed by atoms with Crippen molar-refractivity contribution in [2.45, 2.75) is 24.3 Å². The van der Waals surface area contributed by atoms with Gasteiger partial charge in [0, 0.05) is 12.4 Å². The Hall–Kier alpha value is -2.22. The largest absolute Gasteiger partial charge is 0.411 e. The van der Waals surface area contributed by atoms with Gasteiger partial charge in [0.05, 0.1) is 10.8 Å². The van der Waals surface area contributed by atoms with Gasteiger partial charge >= 0.3 is 0 Å². The second-order valence-corrected chi connectivity index (χ2v) is 5.35. The second kappa shape index (κ2) is 5.41. The fourth-order valence-electron chi connectivity index (χ4n) is 1.54. The van der Waals surface area contributed by atoms with Crippen molar-refractivity contribution in [3.63, 3.8) is 0 Å². The van der Waals surface area contributed by atoms with Crippen molar-refractivity contribution in [3.05, 3.63) is 36.2 Å². The van der Waals surface area contributed by atoms with Gasteiger partial charge in [-0.25, -0.2) is 0 Å². The molecule has 0 fully saturated rings. The first-order valence-corrected chi connectivity index (χ1v) is 6.81. The average Bonchev–Trinajstić information content (AvgIpc) is 3.09. The average molecular weight is 289 g/mol. The SMILES string of the molecule is Cc1noc(C(C)Sc2nnc(-c3cccnc3)o2)n1. The number of pyridine rings is 1. The lowest BCUT2D eigenvalue weighted by Gasteiger charge is -2.00. The molecule has 0 aliphatic carbocycles. The highest BCUT2D eigenvalue weighted by atomic mass is 32.2. The van der Waals surface area contributed by atoms with Gasteiger partial charge in [0.25, 0.3) is 5.22 Å². The van der Waals surface area contributed by atoms with Crippen LogP contribution in [-0.2, 0) is 0 Å². The van der Waals surface area contributed by atoms with Crippen molar-refractivity contribution in [1.82, 2.24) is 25.3 Å². The zero-order valence-corrected chi connectivity index (χ0v) is 11.7.